The van der Waals surface area contributed by atoms with Crippen molar-refractivity contribution in [1.82, 2.24) is 4.98 Å². The van der Waals surface area contributed by atoms with Gasteiger partial charge < -0.3 is 9.64 Å². The van der Waals surface area contributed by atoms with E-state index in [2.05, 4.69) is 34.1 Å². The van der Waals surface area contributed by atoms with E-state index in [0.29, 0.717) is 0 Å². The van der Waals surface area contributed by atoms with Crippen LogP contribution in [-0.2, 0) is 4.74 Å². The molecule has 1 radical (unpaired) electrons. The summed E-state index contributed by atoms with van der Waals surface area (Å²) < 4.78 is 5.35. The van der Waals surface area contributed by atoms with E-state index in [1.807, 2.05) is 6.20 Å². The fourth-order valence-electron chi connectivity index (χ4n) is 2.03. The average Bonchev–Trinajstić information content (AvgIpc) is 2.39. The number of benzene rings is 1. The smallest absolute Gasteiger partial charge is 0.0642 e. The quantitative estimate of drug-likeness (QED) is 0.723. The highest BCUT2D eigenvalue weighted by atomic mass is 16.5. The number of fused-ring (bicyclic) bond motifs is 1. The molecule has 1 saturated heterocycles. The number of hydrogen-bond acceptors (Lipinski definition) is 3. The summed E-state index contributed by atoms with van der Waals surface area (Å²) in [4.78, 5) is 6.44. The summed E-state index contributed by atoms with van der Waals surface area (Å²) in [5, 5.41) is 2.26. The van der Waals surface area contributed by atoms with Crippen molar-refractivity contribution in [3.63, 3.8) is 0 Å². The predicted octanol–water partition coefficient (Wildman–Crippen LogP) is 1.87. The topological polar surface area (TPSA) is 25.4 Å². The molecule has 0 amide bonds. The number of morpholine rings is 1. The van der Waals surface area contributed by atoms with Crippen LogP contribution in [0.2, 0.25) is 0 Å². The van der Waals surface area contributed by atoms with Crippen LogP contribution in [0.3, 0.4) is 0 Å². The van der Waals surface area contributed by atoms with E-state index in [4.69, 9.17) is 4.74 Å². The maximum absolute atomic E-state index is 5.35. The Labute approximate surface area is 94.7 Å². The van der Waals surface area contributed by atoms with Crippen molar-refractivity contribution in [2.24, 2.45) is 0 Å². The maximum Gasteiger partial charge on any atom is 0.0642 e. The Morgan fingerprint density at radius 1 is 1.25 bits per heavy atom. The second-order valence-electron chi connectivity index (χ2n) is 3.92. The van der Waals surface area contributed by atoms with Crippen molar-refractivity contribution in [2.75, 3.05) is 31.2 Å². The van der Waals surface area contributed by atoms with Gasteiger partial charge in [0.1, 0.15) is 0 Å². The summed E-state index contributed by atoms with van der Waals surface area (Å²) in [6.07, 6.45) is 3.59. The van der Waals surface area contributed by atoms with E-state index in [0.717, 1.165) is 37.1 Å². The lowest BCUT2D eigenvalue weighted by Gasteiger charge is -2.29. The molecule has 0 unspecified atom stereocenters. The first-order valence-electron chi connectivity index (χ1n) is 5.52. The standard InChI is InChI=1S/C13H13N2O/c1-2-13(15-5-7-16-8-6-15)9-12-10-14-4-3-11(1)12/h1-2,4,9-10H,5-8H2. The number of aromatic nitrogens is 1. The average molecular weight is 213 g/mol. The number of anilines is 1. The van der Waals surface area contributed by atoms with Crippen LogP contribution in [0, 0.1) is 6.07 Å². The Kier molecular flexibility index (Phi) is 2.46. The summed E-state index contributed by atoms with van der Waals surface area (Å²) in [6, 6.07) is 9.54. The summed E-state index contributed by atoms with van der Waals surface area (Å²) in [5.41, 5.74) is 1.25. The van der Waals surface area contributed by atoms with Crippen LogP contribution in [-0.4, -0.2) is 31.3 Å². The van der Waals surface area contributed by atoms with Gasteiger partial charge in [0.15, 0.2) is 0 Å². The highest BCUT2D eigenvalue weighted by Crippen LogP contribution is 2.21. The predicted molar refractivity (Wildman–Crippen MR) is 63.6 cm³/mol. The van der Waals surface area contributed by atoms with Crippen molar-refractivity contribution in [1.29, 1.82) is 0 Å². The van der Waals surface area contributed by atoms with Gasteiger partial charge in [-0.3, -0.25) is 4.98 Å². The number of rotatable bonds is 1. The second kappa shape index (κ2) is 4.10. The molecule has 1 aliphatic rings. The zero-order valence-electron chi connectivity index (χ0n) is 9.02. The van der Waals surface area contributed by atoms with Crippen molar-refractivity contribution in [3.8, 4) is 0 Å². The van der Waals surface area contributed by atoms with Gasteiger partial charge in [0, 0.05) is 42.6 Å². The molecular formula is C13H13N2O. The molecule has 81 valence electrons. The summed E-state index contributed by atoms with van der Waals surface area (Å²) in [7, 11) is 0. The molecule has 3 rings (SSSR count). The van der Waals surface area contributed by atoms with E-state index in [1.54, 1.807) is 6.20 Å². The molecule has 0 atom stereocenters. The Bertz CT molecular complexity index is 492. The fraction of sp³-hybridized carbons (Fsp3) is 0.308. The molecule has 1 fully saturated rings. The Morgan fingerprint density at radius 3 is 3.00 bits per heavy atom. The second-order valence-corrected chi connectivity index (χ2v) is 3.92. The molecule has 2 heterocycles. The minimum Gasteiger partial charge on any atom is -0.378 e. The van der Waals surface area contributed by atoms with Gasteiger partial charge in [0.2, 0.25) is 0 Å². The minimum absolute atomic E-state index is 0.817. The van der Waals surface area contributed by atoms with E-state index in [-0.39, 0.29) is 0 Å². The first-order valence-corrected chi connectivity index (χ1v) is 5.52. The molecule has 0 bridgehead atoms. The Hall–Kier alpha value is -1.61. The number of nitrogens with zero attached hydrogens (tertiary/aromatic N) is 2. The number of hydrogen-bond donors (Lipinski definition) is 0. The van der Waals surface area contributed by atoms with Crippen LogP contribution < -0.4 is 4.90 Å². The van der Waals surface area contributed by atoms with Gasteiger partial charge in [-0.1, -0.05) is 6.07 Å². The van der Waals surface area contributed by atoms with Gasteiger partial charge in [-0.2, -0.15) is 0 Å². The maximum atomic E-state index is 5.35. The third-order valence-corrected chi connectivity index (χ3v) is 2.92. The third kappa shape index (κ3) is 1.74. The van der Waals surface area contributed by atoms with E-state index >= 15 is 0 Å². The highest BCUT2D eigenvalue weighted by Gasteiger charge is 2.11. The molecule has 0 saturated carbocycles. The molecule has 1 aliphatic heterocycles. The van der Waals surface area contributed by atoms with Crippen LogP contribution >= 0.6 is 0 Å². The van der Waals surface area contributed by atoms with E-state index < -0.39 is 0 Å². The lowest BCUT2D eigenvalue weighted by atomic mass is 10.1. The largest absolute Gasteiger partial charge is 0.378 e. The zero-order chi connectivity index (χ0) is 10.8. The summed E-state index contributed by atoms with van der Waals surface area (Å²) in [6.45, 7) is 3.57. The molecule has 3 nitrogen and oxygen atoms in total. The Morgan fingerprint density at radius 2 is 2.12 bits per heavy atom. The molecule has 16 heavy (non-hydrogen) atoms. The molecule has 2 aromatic rings. The van der Waals surface area contributed by atoms with Crippen molar-refractivity contribution in [2.45, 2.75) is 0 Å². The SMILES string of the molecule is [c]1cncc2cc(N3CCOCC3)ccc12. The van der Waals surface area contributed by atoms with Crippen LogP contribution in [0.15, 0.2) is 30.6 Å². The van der Waals surface area contributed by atoms with E-state index in [1.165, 1.54) is 5.69 Å². The number of pyridine rings is 1. The van der Waals surface area contributed by atoms with Gasteiger partial charge >= 0.3 is 0 Å². The first kappa shape index (κ1) is 9.60. The molecule has 0 N–H and O–H groups in total. The van der Waals surface area contributed by atoms with Gasteiger partial charge in [-0.05, 0) is 17.5 Å². The summed E-state index contributed by atoms with van der Waals surface area (Å²) in [5.74, 6) is 0. The normalized spacial score (nSPS) is 16.6. The molecule has 0 aliphatic carbocycles. The molecule has 0 spiro atoms. The lowest BCUT2D eigenvalue weighted by molar-refractivity contribution is 0.122. The first-order chi connectivity index (χ1) is 7.93. The Balaban J connectivity index is 1.97. The van der Waals surface area contributed by atoms with Crippen molar-refractivity contribution >= 4 is 16.5 Å². The minimum atomic E-state index is 0.817. The monoisotopic (exact) mass is 213 g/mol. The highest BCUT2D eigenvalue weighted by molar-refractivity contribution is 5.84. The van der Waals surface area contributed by atoms with Gasteiger partial charge in [-0.25, -0.2) is 0 Å². The van der Waals surface area contributed by atoms with Crippen molar-refractivity contribution < 1.29 is 4.74 Å². The van der Waals surface area contributed by atoms with E-state index in [9.17, 15) is 0 Å². The van der Waals surface area contributed by atoms with Crippen LogP contribution in [0.25, 0.3) is 10.8 Å². The van der Waals surface area contributed by atoms with Crippen LogP contribution in [0.1, 0.15) is 0 Å². The molecule has 1 aromatic heterocycles. The molecule has 1 aromatic carbocycles. The number of ether oxygens (including phenoxy) is 1. The van der Waals surface area contributed by atoms with Gasteiger partial charge in [0.25, 0.3) is 0 Å². The lowest BCUT2D eigenvalue weighted by Crippen LogP contribution is -2.36. The fourth-order valence-corrected chi connectivity index (χ4v) is 2.03. The molecule has 3 heteroatoms. The van der Waals surface area contributed by atoms with Crippen LogP contribution in [0.5, 0.6) is 0 Å². The zero-order valence-corrected chi connectivity index (χ0v) is 9.02. The van der Waals surface area contributed by atoms with Crippen LogP contribution in [0.4, 0.5) is 5.69 Å². The molecular weight excluding hydrogens is 200 g/mol. The van der Waals surface area contributed by atoms with Crippen molar-refractivity contribution in [3.05, 3.63) is 36.7 Å². The third-order valence-electron chi connectivity index (χ3n) is 2.92. The van der Waals surface area contributed by atoms with Gasteiger partial charge in [0.05, 0.1) is 13.2 Å². The van der Waals surface area contributed by atoms with Gasteiger partial charge in [-0.15, -0.1) is 0 Å². The summed E-state index contributed by atoms with van der Waals surface area (Å²) >= 11 is 0.